The Morgan fingerprint density at radius 1 is 1.15 bits per heavy atom. The number of rotatable bonds is 3. The molecule has 26 heavy (non-hydrogen) atoms. The van der Waals surface area contributed by atoms with Crippen LogP contribution in [-0.4, -0.2) is 85.6 Å². The van der Waals surface area contributed by atoms with E-state index in [0.29, 0.717) is 6.04 Å². The molecule has 0 unspecified atom stereocenters. The number of aryl methyl sites for hydroxylation is 1. The number of aliphatic hydroxyl groups is 1. The molecule has 7 heteroatoms. The summed E-state index contributed by atoms with van der Waals surface area (Å²) >= 11 is 0. The second-order valence-corrected chi connectivity index (χ2v) is 8.08. The summed E-state index contributed by atoms with van der Waals surface area (Å²) in [7, 11) is 2.20. The van der Waals surface area contributed by atoms with Gasteiger partial charge in [0.1, 0.15) is 5.82 Å². The number of fused-ring (bicyclic) bond motifs is 1. The largest absolute Gasteiger partial charge is 0.396 e. The van der Waals surface area contributed by atoms with Gasteiger partial charge in [0, 0.05) is 49.4 Å². The van der Waals surface area contributed by atoms with Crippen molar-refractivity contribution in [2.24, 2.45) is 5.41 Å². The van der Waals surface area contributed by atoms with Crippen LogP contribution < -0.4 is 9.80 Å². The molecule has 3 fully saturated rings. The summed E-state index contributed by atoms with van der Waals surface area (Å²) in [6.45, 7) is 8.50. The van der Waals surface area contributed by atoms with Crippen molar-refractivity contribution in [3.63, 3.8) is 0 Å². The number of likely N-dealkylation sites (N-methyl/N-ethyl adjacent to an activating group) is 1. The van der Waals surface area contributed by atoms with E-state index in [9.17, 15) is 5.11 Å². The number of piperidine rings is 2. The Morgan fingerprint density at radius 2 is 1.96 bits per heavy atom. The van der Waals surface area contributed by atoms with E-state index >= 15 is 0 Å². The molecule has 2 atom stereocenters. The first-order valence-electron chi connectivity index (χ1n) is 9.86. The van der Waals surface area contributed by atoms with Crippen molar-refractivity contribution < 1.29 is 9.84 Å². The van der Waals surface area contributed by atoms with E-state index in [1.54, 1.807) is 0 Å². The van der Waals surface area contributed by atoms with E-state index < -0.39 is 0 Å². The molecule has 1 aromatic heterocycles. The quantitative estimate of drug-likeness (QED) is 0.858. The van der Waals surface area contributed by atoms with Crippen molar-refractivity contribution in [2.45, 2.75) is 32.2 Å². The molecule has 3 saturated heterocycles. The molecule has 0 saturated carbocycles. The van der Waals surface area contributed by atoms with Gasteiger partial charge in [0.2, 0.25) is 5.95 Å². The van der Waals surface area contributed by atoms with Gasteiger partial charge < -0.3 is 24.5 Å². The Morgan fingerprint density at radius 3 is 2.73 bits per heavy atom. The van der Waals surface area contributed by atoms with Crippen molar-refractivity contribution in [2.75, 3.05) is 69.4 Å². The number of nitrogens with zero attached hydrogens (tertiary/aromatic N) is 5. The second kappa shape index (κ2) is 7.29. The molecule has 144 valence electrons. The van der Waals surface area contributed by atoms with Gasteiger partial charge in [-0.1, -0.05) is 0 Å². The zero-order valence-corrected chi connectivity index (χ0v) is 16.0. The molecule has 0 amide bonds. The Hall–Kier alpha value is -1.44. The number of ether oxygens (including phenoxy) is 1. The first-order valence-corrected chi connectivity index (χ1v) is 9.86. The van der Waals surface area contributed by atoms with Gasteiger partial charge in [-0.05, 0) is 39.8 Å². The summed E-state index contributed by atoms with van der Waals surface area (Å²) in [5.41, 5.74) is 1.06. The lowest BCUT2D eigenvalue weighted by Crippen LogP contribution is -2.61. The number of hydrogen-bond donors (Lipinski definition) is 1. The minimum absolute atomic E-state index is 0.0542. The third-order valence-corrected chi connectivity index (χ3v) is 6.46. The molecule has 0 bridgehead atoms. The van der Waals surface area contributed by atoms with Crippen LogP contribution >= 0.6 is 0 Å². The van der Waals surface area contributed by atoms with Gasteiger partial charge in [-0.2, -0.15) is 4.98 Å². The predicted octanol–water partition coefficient (Wildman–Crippen LogP) is 0.905. The number of morpholine rings is 1. The van der Waals surface area contributed by atoms with E-state index in [-0.39, 0.29) is 12.0 Å². The Kier molecular flexibility index (Phi) is 5.03. The van der Waals surface area contributed by atoms with E-state index in [1.165, 1.54) is 6.42 Å². The zero-order chi connectivity index (χ0) is 18.1. The average molecular weight is 361 g/mol. The van der Waals surface area contributed by atoms with Gasteiger partial charge in [-0.15, -0.1) is 0 Å². The highest BCUT2D eigenvalue weighted by Crippen LogP contribution is 2.42. The van der Waals surface area contributed by atoms with Gasteiger partial charge in [0.25, 0.3) is 0 Å². The first-order chi connectivity index (χ1) is 12.6. The fourth-order valence-electron chi connectivity index (χ4n) is 4.83. The molecule has 3 aliphatic heterocycles. The molecule has 7 nitrogen and oxygen atoms in total. The zero-order valence-electron chi connectivity index (χ0n) is 16.0. The van der Waals surface area contributed by atoms with Gasteiger partial charge in [0.05, 0.1) is 19.8 Å². The van der Waals surface area contributed by atoms with Gasteiger partial charge >= 0.3 is 0 Å². The molecule has 0 radical (unpaired) electrons. The van der Waals surface area contributed by atoms with Crippen LogP contribution in [0.5, 0.6) is 0 Å². The number of hydrogen-bond acceptors (Lipinski definition) is 7. The summed E-state index contributed by atoms with van der Waals surface area (Å²) < 4.78 is 5.46. The highest BCUT2D eigenvalue weighted by Gasteiger charge is 2.46. The Balaban J connectivity index is 1.57. The van der Waals surface area contributed by atoms with Crippen molar-refractivity contribution in [3.8, 4) is 0 Å². The maximum atomic E-state index is 10.1. The van der Waals surface area contributed by atoms with Crippen LogP contribution in [0.3, 0.4) is 0 Å². The number of anilines is 2. The molecule has 3 aliphatic rings. The molecule has 4 rings (SSSR count). The van der Waals surface area contributed by atoms with E-state index in [0.717, 1.165) is 76.2 Å². The van der Waals surface area contributed by atoms with Crippen molar-refractivity contribution in [3.05, 3.63) is 11.8 Å². The standard InChI is InChI=1S/C19H31N5O2/c1-15-12-17(21-18(20-15)23-8-10-26-11-9-23)24-7-5-19(14-25)4-3-6-22(2)16(19)13-24/h12,16,25H,3-11,13-14H2,1-2H3/t16-,19-/m1/s1. The Bertz CT molecular complexity index is 636. The van der Waals surface area contributed by atoms with E-state index in [2.05, 4.69) is 32.8 Å². The molecule has 0 aromatic carbocycles. The highest BCUT2D eigenvalue weighted by atomic mass is 16.5. The van der Waals surface area contributed by atoms with Gasteiger partial charge in [-0.25, -0.2) is 4.98 Å². The summed E-state index contributed by atoms with van der Waals surface area (Å²) in [5, 5.41) is 10.1. The number of likely N-dealkylation sites (tertiary alicyclic amines) is 1. The van der Waals surface area contributed by atoms with Crippen LogP contribution in [0, 0.1) is 12.3 Å². The molecular weight excluding hydrogens is 330 g/mol. The highest BCUT2D eigenvalue weighted by molar-refractivity contribution is 5.47. The minimum Gasteiger partial charge on any atom is -0.396 e. The lowest BCUT2D eigenvalue weighted by atomic mass is 9.69. The van der Waals surface area contributed by atoms with Crippen molar-refractivity contribution in [1.29, 1.82) is 0 Å². The molecule has 1 aromatic rings. The monoisotopic (exact) mass is 361 g/mol. The first kappa shape index (κ1) is 17.9. The van der Waals surface area contributed by atoms with Crippen molar-refractivity contribution in [1.82, 2.24) is 14.9 Å². The fraction of sp³-hybridized carbons (Fsp3) is 0.789. The van der Waals surface area contributed by atoms with Crippen LogP contribution in [-0.2, 0) is 4.74 Å². The summed E-state index contributed by atoms with van der Waals surface area (Å²) in [6, 6.07) is 2.48. The van der Waals surface area contributed by atoms with Crippen LogP contribution in [0.25, 0.3) is 0 Å². The van der Waals surface area contributed by atoms with E-state index in [4.69, 9.17) is 9.72 Å². The SMILES string of the molecule is Cc1cc(N2CC[C@@]3(CO)CCCN(C)[C@@H]3C2)nc(N2CCOCC2)n1. The average Bonchev–Trinajstić information content (AvgIpc) is 2.68. The molecule has 4 heterocycles. The van der Waals surface area contributed by atoms with Crippen molar-refractivity contribution >= 4 is 11.8 Å². The van der Waals surface area contributed by atoms with E-state index in [1.807, 2.05) is 6.92 Å². The molecule has 0 spiro atoms. The third kappa shape index (κ3) is 3.28. The predicted molar refractivity (Wildman–Crippen MR) is 102 cm³/mol. The normalized spacial score (nSPS) is 30.3. The van der Waals surface area contributed by atoms with Crippen LogP contribution in [0.4, 0.5) is 11.8 Å². The molecular formula is C19H31N5O2. The second-order valence-electron chi connectivity index (χ2n) is 8.08. The smallest absolute Gasteiger partial charge is 0.227 e. The topological polar surface area (TPSA) is 65.0 Å². The van der Waals surface area contributed by atoms with Gasteiger partial charge in [0.15, 0.2) is 0 Å². The van der Waals surface area contributed by atoms with Gasteiger partial charge in [-0.3, -0.25) is 0 Å². The lowest BCUT2D eigenvalue weighted by molar-refractivity contribution is -0.0277. The van der Waals surface area contributed by atoms with Crippen LogP contribution in [0.1, 0.15) is 25.0 Å². The number of aliphatic hydroxyl groups excluding tert-OH is 1. The molecule has 0 aliphatic carbocycles. The third-order valence-electron chi connectivity index (χ3n) is 6.46. The maximum Gasteiger partial charge on any atom is 0.227 e. The summed E-state index contributed by atoms with van der Waals surface area (Å²) in [6.07, 6.45) is 3.34. The summed E-state index contributed by atoms with van der Waals surface area (Å²) in [5.74, 6) is 1.84. The minimum atomic E-state index is 0.0542. The number of aromatic nitrogens is 2. The summed E-state index contributed by atoms with van der Waals surface area (Å²) in [4.78, 5) is 16.6. The van der Waals surface area contributed by atoms with Crippen LogP contribution in [0.15, 0.2) is 6.07 Å². The lowest BCUT2D eigenvalue weighted by Gasteiger charge is -2.53. The Labute approximate surface area is 156 Å². The van der Waals surface area contributed by atoms with Crippen LogP contribution in [0.2, 0.25) is 0 Å². The fourth-order valence-corrected chi connectivity index (χ4v) is 4.83. The molecule has 1 N–H and O–H groups in total. The maximum absolute atomic E-state index is 10.1.